The van der Waals surface area contributed by atoms with Crippen LogP contribution >= 0.6 is 0 Å². The van der Waals surface area contributed by atoms with Crippen LogP contribution in [-0.4, -0.2) is 31.4 Å². The van der Waals surface area contributed by atoms with Gasteiger partial charge in [-0.1, -0.05) is 6.07 Å². The summed E-state index contributed by atoms with van der Waals surface area (Å²) >= 11 is 0. The van der Waals surface area contributed by atoms with Crippen molar-refractivity contribution in [3.63, 3.8) is 0 Å². The molecule has 0 radical (unpaired) electrons. The van der Waals surface area contributed by atoms with Crippen molar-refractivity contribution in [3.8, 4) is 17.2 Å². The van der Waals surface area contributed by atoms with Crippen LogP contribution in [0.1, 0.15) is 43.3 Å². The highest BCUT2D eigenvalue weighted by Crippen LogP contribution is 2.38. The number of hydrogen-bond donors (Lipinski definition) is 1. The van der Waals surface area contributed by atoms with Gasteiger partial charge in [-0.05, 0) is 38.5 Å². The number of aryl methyl sites for hydroxylation is 1. The van der Waals surface area contributed by atoms with Crippen molar-refractivity contribution in [1.82, 2.24) is 0 Å². The van der Waals surface area contributed by atoms with Crippen LogP contribution in [0.5, 0.6) is 17.2 Å². The molecule has 0 bridgehead atoms. The van der Waals surface area contributed by atoms with Crippen LogP contribution in [0.2, 0.25) is 0 Å². The fourth-order valence-electron chi connectivity index (χ4n) is 2.73. The van der Waals surface area contributed by atoms with E-state index in [1.165, 1.54) is 20.3 Å². The average Bonchev–Trinajstić information content (AvgIpc) is 2.62. The van der Waals surface area contributed by atoms with Gasteiger partial charge in [0, 0.05) is 6.07 Å². The maximum atomic E-state index is 12.0. The van der Waals surface area contributed by atoms with Crippen molar-refractivity contribution in [2.24, 2.45) is 0 Å². The third-order valence-corrected chi connectivity index (χ3v) is 3.94. The molecule has 0 aliphatic rings. The molecule has 7 heteroatoms. The van der Waals surface area contributed by atoms with Crippen molar-refractivity contribution in [2.75, 3.05) is 14.2 Å². The Morgan fingerprint density at radius 2 is 1.89 bits per heavy atom. The first-order valence-corrected chi connectivity index (χ1v) is 8.51. The summed E-state index contributed by atoms with van der Waals surface area (Å²) in [5.41, 5.74) is 0.0350. The summed E-state index contributed by atoms with van der Waals surface area (Å²) in [6, 6.07) is 6.32. The van der Waals surface area contributed by atoms with Gasteiger partial charge in [0.15, 0.2) is 17.3 Å². The van der Waals surface area contributed by atoms with E-state index in [-0.39, 0.29) is 18.3 Å². The Kier molecular flexibility index (Phi) is 6.50. The van der Waals surface area contributed by atoms with Gasteiger partial charge >= 0.3 is 5.97 Å². The molecule has 2 rings (SSSR count). The second kappa shape index (κ2) is 8.62. The molecule has 1 aromatic carbocycles. The minimum Gasteiger partial charge on any atom is -0.502 e. The Balaban J connectivity index is 2.58. The molecule has 7 nitrogen and oxygen atoms in total. The second-order valence-electron chi connectivity index (χ2n) is 6.34. The number of hydrogen-bond acceptors (Lipinski definition) is 7. The monoisotopic (exact) mass is 376 g/mol. The van der Waals surface area contributed by atoms with E-state index < -0.39 is 23.1 Å². The van der Waals surface area contributed by atoms with Gasteiger partial charge in [-0.25, -0.2) is 0 Å². The van der Waals surface area contributed by atoms with Crippen LogP contribution in [0.4, 0.5) is 0 Å². The van der Waals surface area contributed by atoms with Crippen LogP contribution in [0.25, 0.3) is 0 Å². The molecule has 0 fully saturated rings. The fraction of sp³-hybridized carbons (Fsp3) is 0.400. The molecule has 0 amide bonds. The van der Waals surface area contributed by atoms with Gasteiger partial charge in [-0.3, -0.25) is 9.59 Å². The first-order valence-electron chi connectivity index (χ1n) is 8.51. The number of carbonyl (C=O) groups is 1. The Morgan fingerprint density at radius 3 is 2.48 bits per heavy atom. The van der Waals surface area contributed by atoms with E-state index in [0.717, 1.165) is 0 Å². The first-order chi connectivity index (χ1) is 12.8. The number of carbonyl (C=O) groups excluding carboxylic acids is 1. The summed E-state index contributed by atoms with van der Waals surface area (Å²) in [6.45, 7) is 5.39. The van der Waals surface area contributed by atoms with E-state index >= 15 is 0 Å². The lowest BCUT2D eigenvalue weighted by Gasteiger charge is -2.19. The number of aromatic hydroxyl groups is 1. The van der Waals surface area contributed by atoms with Crippen LogP contribution in [0.3, 0.4) is 0 Å². The number of methoxy groups -OCH3 is 2. The van der Waals surface area contributed by atoms with Gasteiger partial charge in [-0.15, -0.1) is 0 Å². The molecule has 1 aromatic heterocycles. The zero-order chi connectivity index (χ0) is 20.1. The molecule has 1 N–H and O–H groups in total. The zero-order valence-corrected chi connectivity index (χ0v) is 16.1. The molecule has 1 atom stereocenters. The second-order valence-corrected chi connectivity index (χ2v) is 6.34. The van der Waals surface area contributed by atoms with Gasteiger partial charge in [0.25, 0.3) is 0 Å². The molecule has 1 heterocycles. The lowest BCUT2D eigenvalue weighted by Crippen LogP contribution is -2.14. The van der Waals surface area contributed by atoms with E-state index in [1.807, 2.05) is 13.8 Å². The zero-order valence-electron chi connectivity index (χ0n) is 16.1. The summed E-state index contributed by atoms with van der Waals surface area (Å²) in [5.74, 6) is -0.430. The van der Waals surface area contributed by atoms with Gasteiger partial charge in [0.1, 0.15) is 5.76 Å². The van der Waals surface area contributed by atoms with Gasteiger partial charge in [0.2, 0.25) is 11.2 Å². The quantitative estimate of drug-likeness (QED) is 0.742. The molecule has 0 aliphatic heterocycles. The topological polar surface area (TPSA) is 95.2 Å². The SMILES string of the molecule is COC(=O)CC(c1ccc(OC(C)C)c(OC)c1)c1oc(C)cc(=O)c1O. The maximum Gasteiger partial charge on any atom is 0.306 e. The van der Waals surface area contributed by atoms with Crippen molar-refractivity contribution in [1.29, 1.82) is 0 Å². The van der Waals surface area contributed by atoms with E-state index in [1.54, 1.807) is 25.1 Å². The number of rotatable bonds is 7. The molecule has 2 aromatic rings. The summed E-state index contributed by atoms with van der Waals surface area (Å²) in [4.78, 5) is 23.9. The molecular weight excluding hydrogens is 352 g/mol. The van der Waals surface area contributed by atoms with Crippen LogP contribution < -0.4 is 14.9 Å². The smallest absolute Gasteiger partial charge is 0.306 e. The van der Waals surface area contributed by atoms with Crippen molar-refractivity contribution < 1.29 is 28.5 Å². The molecule has 0 saturated heterocycles. The van der Waals surface area contributed by atoms with E-state index in [2.05, 4.69) is 0 Å². The summed E-state index contributed by atoms with van der Waals surface area (Å²) < 4.78 is 21.4. The van der Waals surface area contributed by atoms with Gasteiger partial charge < -0.3 is 23.7 Å². The summed E-state index contributed by atoms with van der Waals surface area (Å²) in [5, 5.41) is 10.2. The molecule has 0 aliphatic carbocycles. The van der Waals surface area contributed by atoms with Gasteiger partial charge in [-0.2, -0.15) is 0 Å². The largest absolute Gasteiger partial charge is 0.502 e. The maximum absolute atomic E-state index is 12.0. The van der Waals surface area contributed by atoms with Crippen LogP contribution in [0.15, 0.2) is 33.5 Å². The number of ether oxygens (including phenoxy) is 3. The molecule has 0 spiro atoms. The Bertz CT molecular complexity index is 867. The third kappa shape index (κ3) is 4.81. The minimum atomic E-state index is -0.730. The average molecular weight is 376 g/mol. The highest BCUT2D eigenvalue weighted by molar-refractivity contribution is 5.71. The predicted molar refractivity (Wildman–Crippen MR) is 98.6 cm³/mol. The third-order valence-electron chi connectivity index (χ3n) is 3.94. The summed E-state index contributed by atoms with van der Waals surface area (Å²) in [6.07, 6.45) is -0.168. The molecule has 27 heavy (non-hydrogen) atoms. The fourth-order valence-corrected chi connectivity index (χ4v) is 2.73. The lowest BCUT2D eigenvalue weighted by atomic mass is 9.92. The molecule has 1 unspecified atom stereocenters. The Morgan fingerprint density at radius 1 is 1.19 bits per heavy atom. The van der Waals surface area contributed by atoms with Gasteiger partial charge in [0.05, 0.1) is 32.7 Å². The molecule has 0 saturated carbocycles. The standard InChI is InChI=1S/C20H24O7/c1-11(2)26-16-7-6-13(9-17(16)24-4)14(10-18(22)25-5)20-19(23)15(21)8-12(3)27-20/h6-9,11,14,23H,10H2,1-5H3. The van der Waals surface area contributed by atoms with Crippen molar-refractivity contribution >= 4 is 5.97 Å². The van der Waals surface area contributed by atoms with E-state index in [9.17, 15) is 14.7 Å². The summed E-state index contributed by atoms with van der Waals surface area (Å²) in [7, 11) is 2.78. The van der Waals surface area contributed by atoms with Crippen LogP contribution in [-0.2, 0) is 9.53 Å². The van der Waals surface area contributed by atoms with E-state index in [0.29, 0.717) is 22.8 Å². The van der Waals surface area contributed by atoms with Crippen molar-refractivity contribution in [3.05, 3.63) is 51.6 Å². The molecular formula is C20H24O7. The Labute approximate surface area is 157 Å². The number of esters is 1. The van der Waals surface area contributed by atoms with Crippen LogP contribution in [0, 0.1) is 6.92 Å². The highest BCUT2D eigenvalue weighted by Gasteiger charge is 2.27. The molecule has 146 valence electrons. The Hall–Kier alpha value is -2.96. The van der Waals surface area contributed by atoms with E-state index in [4.69, 9.17) is 18.6 Å². The number of benzene rings is 1. The predicted octanol–water partition coefficient (Wildman–Crippen LogP) is 3.14. The van der Waals surface area contributed by atoms with Crippen molar-refractivity contribution in [2.45, 2.75) is 39.2 Å². The first kappa shape index (κ1) is 20.4. The normalized spacial score (nSPS) is 11.9. The minimum absolute atomic E-state index is 0.00461. The lowest BCUT2D eigenvalue weighted by molar-refractivity contribution is -0.140. The highest BCUT2D eigenvalue weighted by atomic mass is 16.5.